The maximum absolute atomic E-state index is 13.3. The summed E-state index contributed by atoms with van der Waals surface area (Å²) in [5.41, 5.74) is 2.04. The molecule has 0 saturated heterocycles. The Morgan fingerprint density at radius 1 is 0.972 bits per heavy atom. The van der Waals surface area contributed by atoms with Gasteiger partial charge in [0, 0.05) is 41.1 Å². The minimum atomic E-state index is -1.70. The van der Waals surface area contributed by atoms with Crippen LogP contribution in [0.25, 0.3) is 0 Å². The van der Waals surface area contributed by atoms with E-state index in [9.17, 15) is 13.7 Å². The van der Waals surface area contributed by atoms with Gasteiger partial charge < -0.3 is 25.2 Å². The zero-order chi connectivity index (χ0) is 25.3. The Morgan fingerprint density at radius 3 is 2.33 bits per heavy atom. The van der Waals surface area contributed by atoms with E-state index < -0.39 is 17.1 Å². The van der Waals surface area contributed by atoms with Crippen molar-refractivity contribution in [1.82, 2.24) is 13.7 Å². The Bertz CT molecular complexity index is 1270. The van der Waals surface area contributed by atoms with Crippen molar-refractivity contribution in [2.24, 2.45) is 0 Å². The summed E-state index contributed by atoms with van der Waals surface area (Å²) in [6.45, 7) is 2.18. The monoisotopic (exact) mass is 508 g/mol. The lowest BCUT2D eigenvalue weighted by atomic mass is 10.1. The molecule has 0 aliphatic heterocycles. The molecule has 0 aliphatic carbocycles. The molecule has 11 heteroatoms. The third kappa shape index (κ3) is 6.96. The number of rotatable bonds is 12. The fourth-order valence-electron chi connectivity index (χ4n) is 3.55. The van der Waals surface area contributed by atoms with Gasteiger partial charge in [-0.05, 0) is 53.9 Å². The Hall–Kier alpha value is -4.09. The summed E-state index contributed by atoms with van der Waals surface area (Å²) in [5, 5.41) is 15.3. The van der Waals surface area contributed by atoms with Crippen LogP contribution < -0.4 is 15.5 Å². The van der Waals surface area contributed by atoms with E-state index in [-0.39, 0.29) is 11.4 Å². The highest BCUT2D eigenvalue weighted by molar-refractivity contribution is 7.14. The highest BCUT2D eigenvalue weighted by atomic mass is 32.2. The van der Waals surface area contributed by atoms with Crippen LogP contribution in [0.2, 0.25) is 0 Å². The molecule has 0 saturated carbocycles. The minimum absolute atomic E-state index is 0.209. The topological polar surface area (TPSA) is 126 Å². The number of hydrogen-bond donors (Lipinski definition) is 3. The molecular weight excluding hydrogens is 483 g/mol. The summed E-state index contributed by atoms with van der Waals surface area (Å²) in [7, 11) is 0. The average molecular weight is 509 g/mol. The fraction of sp³-hybridized carbons (Fsp3) is 0.200. The normalized spacial score (nSPS) is 11.2. The van der Waals surface area contributed by atoms with Gasteiger partial charge in [-0.3, -0.25) is 0 Å². The standard InChI is InChI=1S/C25H25FN6O3S/c26-21-11-7-19(8-12-21)17-32(22-4-1-2-13-27-22)15-3-14-28-23-24(31-36(35)30-23)29-16-18-5-9-20(10-6-18)25(33)34/h1-2,4-13H,3,14-17H2,(H,28,30)(H,29,31)(H,33,34). The molecule has 2 aromatic carbocycles. The maximum Gasteiger partial charge on any atom is 0.335 e. The number of halogens is 1. The zero-order valence-electron chi connectivity index (χ0n) is 19.3. The molecular formula is C25H25FN6O3S. The summed E-state index contributed by atoms with van der Waals surface area (Å²) in [6.07, 6.45) is 2.46. The van der Waals surface area contributed by atoms with Crippen LogP contribution in [-0.4, -0.2) is 42.4 Å². The predicted octanol–water partition coefficient (Wildman–Crippen LogP) is 4.56. The number of aromatic carboxylic acids is 1. The van der Waals surface area contributed by atoms with Gasteiger partial charge >= 0.3 is 5.97 Å². The van der Waals surface area contributed by atoms with Crippen molar-refractivity contribution in [1.29, 1.82) is 0 Å². The molecule has 4 aromatic rings. The molecule has 0 spiro atoms. The number of carboxylic acids is 1. The number of pyridine rings is 1. The molecule has 2 heterocycles. The van der Waals surface area contributed by atoms with E-state index >= 15 is 0 Å². The van der Waals surface area contributed by atoms with Gasteiger partial charge in [0.25, 0.3) is 0 Å². The van der Waals surface area contributed by atoms with Gasteiger partial charge in [-0.2, -0.15) is 0 Å². The lowest BCUT2D eigenvalue weighted by Crippen LogP contribution is -2.26. The first-order chi connectivity index (χ1) is 17.5. The molecule has 3 N–H and O–H groups in total. The van der Waals surface area contributed by atoms with E-state index in [2.05, 4.69) is 29.3 Å². The second-order valence-corrected chi connectivity index (χ2v) is 8.81. The van der Waals surface area contributed by atoms with Crippen LogP contribution in [0, 0.1) is 5.82 Å². The van der Waals surface area contributed by atoms with Gasteiger partial charge in [-0.15, -0.1) is 0 Å². The Kier molecular flexibility index (Phi) is 8.37. The number of carbonyl (C=O) groups is 1. The highest BCUT2D eigenvalue weighted by Crippen LogP contribution is 2.23. The second-order valence-electron chi connectivity index (χ2n) is 7.98. The largest absolute Gasteiger partial charge is 0.546 e. The zero-order valence-corrected chi connectivity index (χ0v) is 20.1. The van der Waals surface area contributed by atoms with Crippen molar-refractivity contribution >= 4 is 34.6 Å². The quantitative estimate of drug-likeness (QED) is 0.186. The highest BCUT2D eigenvalue weighted by Gasteiger charge is 2.16. The van der Waals surface area contributed by atoms with Crippen molar-refractivity contribution in [3.8, 4) is 0 Å². The van der Waals surface area contributed by atoms with Gasteiger partial charge in [0.2, 0.25) is 11.6 Å². The van der Waals surface area contributed by atoms with Crippen LogP contribution in [0.1, 0.15) is 27.9 Å². The van der Waals surface area contributed by atoms with Crippen molar-refractivity contribution in [3.63, 3.8) is 0 Å². The molecule has 9 nitrogen and oxygen atoms in total. The molecule has 1 atom stereocenters. The first-order valence-electron chi connectivity index (χ1n) is 11.3. The summed E-state index contributed by atoms with van der Waals surface area (Å²) in [5.74, 6) is 0.370. The van der Waals surface area contributed by atoms with E-state index in [1.165, 1.54) is 24.3 Å². The molecule has 0 amide bonds. The number of nitrogens with zero attached hydrogens (tertiary/aromatic N) is 4. The number of aromatic nitrogens is 3. The van der Waals surface area contributed by atoms with Gasteiger partial charge in [0.15, 0.2) is 11.1 Å². The third-order valence-corrected chi connectivity index (χ3v) is 6.06. The van der Waals surface area contributed by atoms with E-state index in [0.717, 1.165) is 23.4 Å². The van der Waals surface area contributed by atoms with Crippen molar-refractivity contribution in [2.45, 2.75) is 19.5 Å². The van der Waals surface area contributed by atoms with Crippen LogP contribution in [0.15, 0.2) is 72.9 Å². The maximum atomic E-state index is 13.3. The first-order valence-corrected chi connectivity index (χ1v) is 12.3. The molecule has 2 aromatic heterocycles. The van der Waals surface area contributed by atoms with E-state index in [1.54, 1.807) is 30.5 Å². The Labute approximate surface area is 210 Å². The summed E-state index contributed by atoms with van der Waals surface area (Å²) < 4.78 is 33.3. The number of benzene rings is 2. The molecule has 186 valence electrons. The second kappa shape index (κ2) is 12.0. The molecule has 0 fully saturated rings. The molecule has 0 radical (unpaired) electrons. The predicted molar refractivity (Wildman–Crippen MR) is 136 cm³/mol. The van der Waals surface area contributed by atoms with Gasteiger partial charge in [-0.1, -0.05) is 30.3 Å². The fourth-order valence-corrected chi connectivity index (χ4v) is 4.20. The number of anilines is 3. The average Bonchev–Trinajstić information content (AvgIpc) is 3.25. The van der Waals surface area contributed by atoms with Gasteiger partial charge in [-0.25, -0.2) is 14.2 Å². The van der Waals surface area contributed by atoms with Gasteiger partial charge in [0.1, 0.15) is 11.6 Å². The molecule has 4 rings (SSSR count). The van der Waals surface area contributed by atoms with Crippen molar-refractivity contribution in [2.75, 3.05) is 28.6 Å². The third-order valence-electron chi connectivity index (χ3n) is 5.38. The van der Waals surface area contributed by atoms with E-state index in [0.29, 0.717) is 37.8 Å². The van der Waals surface area contributed by atoms with E-state index in [4.69, 9.17) is 5.11 Å². The smallest absolute Gasteiger partial charge is 0.335 e. The SMILES string of the molecule is O=C(O)c1ccc(CNc2n[s+]([O-])nc2NCCCN(Cc2ccc(F)cc2)c2ccccn2)cc1. The van der Waals surface area contributed by atoms with Crippen molar-refractivity contribution < 1.29 is 18.8 Å². The summed E-state index contributed by atoms with van der Waals surface area (Å²) in [6, 6.07) is 18.6. The number of hydrogen-bond acceptors (Lipinski definition) is 8. The molecule has 0 bridgehead atoms. The molecule has 1 unspecified atom stereocenters. The van der Waals surface area contributed by atoms with Crippen molar-refractivity contribution in [3.05, 3.63) is 95.4 Å². The molecule has 36 heavy (non-hydrogen) atoms. The van der Waals surface area contributed by atoms with Crippen LogP contribution in [0.3, 0.4) is 0 Å². The van der Waals surface area contributed by atoms with Crippen LogP contribution in [0.4, 0.5) is 21.8 Å². The minimum Gasteiger partial charge on any atom is -0.546 e. The van der Waals surface area contributed by atoms with E-state index in [1.807, 2.05) is 18.2 Å². The lowest BCUT2D eigenvalue weighted by molar-refractivity contribution is 0.0697. The Morgan fingerprint density at radius 2 is 1.67 bits per heavy atom. The lowest BCUT2D eigenvalue weighted by Gasteiger charge is -2.24. The number of nitrogens with one attached hydrogen (secondary N) is 2. The van der Waals surface area contributed by atoms with Crippen LogP contribution >= 0.6 is 11.1 Å². The molecule has 0 aliphatic rings. The van der Waals surface area contributed by atoms with Crippen LogP contribution in [0.5, 0.6) is 0 Å². The first kappa shape index (κ1) is 25.0. The Balaban J connectivity index is 1.32. The summed E-state index contributed by atoms with van der Waals surface area (Å²) in [4.78, 5) is 17.6. The summed E-state index contributed by atoms with van der Waals surface area (Å²) >= 11 is -1.70. The van der Waals surface area contributed by atoms with Gasteiger partial charge in [0.05, 0.1) is 5.56 Å². The number of carboxylic acid groups (broad SMARTS) is 1. The van der Waals surface area contributed by atoms with Crippen LogP contribution in [-0.2, 0) is 13.1 Å².